The Balaban J connectivity index is 2.32. The molecule has 1 aromatic carbocycles. The minimum absolute atomic E-state index is 0.00809. The minimum Gasteiger partial charge on any atom is -0.490 e. The molecule has 1 aromatic rings. The van der Waals surface area contributed by atoms with Crippen molar-refractivity contribution in [2.75, 3.05) is 6.61 Å². The number of fused-ring (bicyclic) bond motifs is 1. The topological polar surface area (TPSA) is 35.2 Å². The third-order valence-electron chi connectivity index (χ3n) is 2.80. The fraction of sp³-hybridized carbons (Fsp3) is 0.455. The van der Waals surface area contributed by atoms with Gasteiger partial charge in [0, 0.05) is 12.0 Å². The molecule has 0 radical (unpaired) electrons. The number of rotatable bonds is 1. The zero-order valence-corrected chi connectivity index (χ0v) is 8.47. The van der Waals surface area contributed by atoms with Crippen molar-refractivity contribution in [3.8, 4) is 5.75 Å². The summed E-state index contributed by atoms with van der Waals surface area (Å²) in [7, 11) is 0. The van der Waals surface area contributed by atoms with Gasteiger partial charge < -0.3 is 10.5 Å². The van der Waals surface area contributed by atoms with Gasteiger partial charge >= 0.3 is 0 Å². The van der Waals surface area contributed by atoms with Crippen LogP contribution in [0.25, 0.3) is 0 Å². The summed E-state index contributed by atoms with van der Waals surface area (Å²) in [6, 6.07) is 2.68. The lowest BCUT2D eigenvalue weighted by Crippen LogP contribution is -2.35. The van der Waals surface area contributed by atoms with Crippen molar-refractivity contribution in [3.05, 3.63) is 29.3 Å². The van der Waals surface area contributed by atoms with Crippen LogP contribution in [0.3, 0.4) is 0 Å². The normalized spacial score (nSPS) is 21.7. The zero-order chi connectivity index (χ0) is 11.0. The predicted octanol–water partition coefficient (Wildman–Crippen LogP) is 1.86. The fourth-order valence-corrected chi connectivity index (χ4v) is 1.76. The second kappa shape index (κ2) is 3.77. The van der Waals surface area contributed by atoms with E-state index in [2.05, 4.69) is 0 Å². The molecule has 1 aliphatic heterocycles. The van der Waals surface area contributed by atoms with E-state index >= 15 is 0 Å². The van der Waals surface area contributed by atoms with Crippen LogP contribution in [0, 0.1) is 17.6 Å². The van der Waals surface area contributed by atoms with Crippen molar-refractivity contribution in [1.82, 2.24) is 0 Å². The van der Waals surface area contributed by atoms with Gasteiger partial charge in [-0.05, 0) is 25.0 Å². The SMILES string of the molecule is CC(N)C1COc2c(ccc(F)c2F)C1. The Morgan fingerprint density at radius 2 is 2.20 bits per heavy atom. The molecule has 0 spiro atoms. The van der Waals surface area contributed by atoms with Gasteiger partial charge in [0.25, 0.3) is 0 Å². The van der Waals surface area contributed by atoms with Gasteiger partial charge in [-0.15, -0.1) is 0 Å². The molecule has 0 fully saturated rings. The Bertz CT molecular complexity index is 379. The predicted molar refractivity (Wildman–Crippen MR) is 52.7 cm³/mol. The average molecular weight is 213 g/mol. The van der Waals surface area contributed by atoms with Crippen LogP contribution in [-0.4, -0.2) is 12.6 Å². The number of benzene rings is 1. The van der Waals surface area contributed by atoms with Crippen LogP contribution >= 0.6 is 0 Å². The van der Waals surface area contributed by atoms with Crippen molar-refractivity contribution in [3.63, 3.8) is 0 Å². The second-order valence-corrected chi connectivity index (χ2v) is 3.98. The van der Waals surface area contributed by atoms with E-state index in [1.165, 1.54) is 0 Å². The first-order valence-electron chi connectivity index (χ1n) is 4.95. The lowest BCUT2D eigenvalue weighted by atomic mass is 9.91. The second-order valence-electron chi connectivity index (χ2n) is 3.98. The third-order valence-corrected chi connectivity index (χ3v) is 2.80. The standard InChI is InChI=1S/C11H13F2NO/c1-6(14)8-4-7-2-3-9(12)10(13)11(7)15-5-8/h2-3,6,8H,4-5,14H2,1H3. The van der Waals surface area contributed by atoms with Gasteiger partial charge in [0.1, 0.15) is 0 Å². The molecule has 1 heterocycles. The van der Waals surface area contributed by atoms with Gasteiger partial charge in [0.2, 0.25) is 5.82 Å². The van der Waals surface area contributed by atoms with E-state index in [-0.39, 0.29) is 17.7 Å². The first kappa shape index (κ1) is 10.4. The maximum atomic E-state index is 13.3. The van der Waals surface area contributed by atoms with Crippen LogP contribution < -0.4 is 10.5 Å². The smallest absolute Gasteiger partial charge is 0.200 e. The molecule has 0 aromatic heterocycles. The molecule has 0 saturated carbocycles. The molecule has 2 N–H and O–H groups in total. The van der Waals surface area contributed by atoms with E-state index in [0.717, 1.165) is 6.07 Å². The molecule has 2 unspecified atom stereocenters. The van der Waals surface area contributed by atoms with E-state index in [9.17, 15) is 8.78 Å². The van der Waals surface area contributed by atoms with Crippen molar-refractivity contribution < 1.29 is 13.5 Å². The maximum Gasteiger partial charge on any atom is 0.200 e. The molecule has 82 valence electrons. The molecule has 15 heavy (non-hydrogen) atoms. The van der Waals surface area contributed by atoms with E-state index in [0.29, 0.717) is 18.6 Å². The number of nitrogens with two attached hydrogens (primary N) is 1. The Morgan fingerprint density at radius 3 is 2.87 bits per heavy atom. The van der Waals surface area contributed by atoms with Crippen LogP contribution in [0.4, 0.5) is 8.78 Å². The summed E-state index contributed by atoms with van der Waals surface area (Å²) in [6.07, 6.45) is 0.643. The van der Waals surface area contributed by atoms with E-state index in [1.807, 2.05) is 6.92 Å². The average Bonchev–Trinajstić information content (AvgIpc) is 2.23. The van der Waals surface area contributed by atoms with Crippen LogP contribution in [0.1, 0.15) is 12.5 Å². The summed E-state index contributed by atoms with van der Waals surface area (Å²) >= 11 is 0. The monoisotopic (exact) mass is 213 g/mol. The van der Waals surface area contributed by atoms with E-state index < -0.39 is 11.6 Å². The quantitative estimate of drug-likeness (QED) is 0.772. The highest BCUT2D eigenvalue weighted by Crippen LogP contribution is 2.32. The number of hydrogen-bond donors (Lipinski definition) is 1. The van der Waals surface area contributed by atoms with Crippen molar-refractivity contribution >= 4 is 0 Å². The van der Waals surface area contributed by atoms with Crippen molar-refractivity contribution in [2.24, 2.45) is 11.7 Å². The molecule has 0 aliphatic carbocycles. The number of halogens is 2. The van der Waals surface area contributed by atoms with Gasteiger partial charge in [0.15, 0.2) is 11.6 Å². The maximum absolute atomic E-state index is 13.3. The lowest BCUT2D eigenvalue weighted by Gasteiger charge is -2.27. The van der Waals surface area contributed by atoms with Crippen molar-refractivity contribution in [2.45, 2.75) is 19.4 Å². The summed E-state index contributed by atoms with van der Waals surface area (Å²) in [6.45, 7) is 2.24. The zero-order valence-electron chi connectivity index (χ0n) is 8.47. The molecule has 2 nitrogen and oxygen atoms in total. The van der Waals surface area contributed by atoms with Crippen LogP contribution in [0.5, 0.6) is 5.75 Å². The first-order valence-corrected chi connectivity index (χ1v) is 4.95. The molecular formula is C11H13F2NO. The summed E-state index contributed by atoms with van der Waals surface area (Å²) in [5, 5.41) is 0. The Labute approximate surface area is 87.0 Å². The fourth-order valence-electron chi connectivity index (χ4n) is 1.76. The van der Waals surface area contributed by atoms with Gasteiger partial charge in [0.05, 0.1) is 6.61 Å². The molecule has 2 rings (SSSR count). The Kier molecular flexibility index (Phi) is 2.61. The highest BCUT2D eigenvalue weighted by Gasteiger charge is 2.26. The number of hydrogen-bond acceptors (Lipinski definition) is 2. The van der Waals surface area contributed by atoms with E-state index in [4.69, 9.17) is 10.5 Å². The minimum atomic E-state index is -0.893. The summed E-state index contributed by atoms with van der Waals surface area (Å²) in [5.74, 6) is -1.54. The van der Waals surface area contributed by atoms with Gasteiger partial charge in [-0.3, -0.25) is 0 Å². The van der Waals surface area contributed by atoms with Crippen LogP contribution in [0.15, 0.2) is 12.1 Å². The van der Waals surface area contributed by atoms with Gasteiger partial charge in [-0.25, -0.2) is 4.39 Å². The highest BCUT2D eigenvalue weighted by molar-refractivity contribution is 5.37. The van der Waals surface area contributed by atoms with Gasteiger partial charge in [-0.1, -0.05) is 6.07 Å². The lowest BCUT2D eigenvalue weighted by molar-refractivity contribution is 0.193. The first-order chi connectivity index (χ1) is 7.09. The Hall–Kier alpha value is -1.16. The largest absolute Gasteiger partial charge is 0.490 e. The van der Waals surface area contributed by atoms with E-state index in [1.54, 1.807) is 6.07 Å². The van der Waals surface area contributed by atoms with Gasteiger partial charge in [-0.2, -0.15) is 4.39 Å². The molecule has 0 amide bonds. The van der Waals surface area contributed by atoms with Crippen molar-refractivity contribution in [1.29, 1.82) is 0 Å². The van der Waals surface area contributed by atoms with Crippen LogP contribution in [-0.2, 0) is 6.42 Å². The summed E-state index contributed by atoms with van der Waals surface area (Å²) in [4.78, 5) is 0. The third kappa shape index (κ3) is 1.81. The summed E-state index contributed by atoms with van der Waals surface area (Å²) < 4.78 is 31.4. The summed E-state index contributed by atoms with van der Waals surface area (Å²) in [5.41, 5.74) is 6.44. The molecular weight excluding hydrogens is 200 g/mol. The Morgan fingerprint density at radius 1 is 1.47 bits per heavy atom. The molecule has 1 aliphatic rings. The van der Waals surface area contributed by atoms with Crippen LogP contribution in [0.2, 0.25) is 0 Å². The molecule has 0 saturated heterocycles. The number of ether oxygens (including phenoxy) is 1. The molecule has 0 bridgehead atoms. The molecule has 4 heteroatoms. The molecule has 2 atom stereocenters. The highest BCUT2D eigenvalue weighted by atomic mass is 19.2.